The minimum Gasteiger partial charge on any atom is -0.399 e. The Hall–Kier alpha value is -1.27. The van der Waals surface area contributed by atoms with Crippen molar-refractivity contribution in [1.82, 2.24) is 5.32 Å². The molecule has 0 saturated carbocycles. The molecule has 7 heteroatoms. The number of hydrogen-bond acceptors (Lipinski definition) is 4. The van der Waals surface area contributed by atoms with E-state index < -0.39 is 21.5 Å². The molecule has 112 valence electrons. The number of hydrogen-bond donors (Lipinski definition) is 2. The van der Waals surface area contributed by atoms with Gasteiger partial charge in [0.1, 0.15) is 5.75 Å². The van der Waals surface area contributed by atoms with E-state index in [0.717, 1.165) is 6.42 Å². The third kappa shape index (κ3) is 5.02. The second-order valence-electron chi connectivity index (χ2n) is 4.98. The molecule has 0 spiro atoms. The summed E-state index contributed by atoms with van der Waals surface area (Å²) >= 11 is 5.84. The van der Waals surface area contributed by atoms with E-state index >= 15 is 0 Å². The Morgan fingerprint density at radius 3 is 2.65 bits per heavy atom. The number of anilines is 1. The van der Waals surface area contributed by atoms with Crippen LogP contribution in [0.4, 0.5) is 5.69 Å². The summed E-state index contributed by atoms with van der Waals surface area (Å²) in [5, 5.41) is 2.65. The van der Waals surface area contributed by atoms with E-state index in [0.29, 0.717) is 12.5 Å². The van der Waals surface area contributed by atoms with Gasteiger partial charge in [0, 0.05) is 12.2 Å². The summed E-state index contributed by atoms with van der Waals surface area (Å²) in [4.78, 5) is 11.5. The Morgan fingerprint density at radius 1 is 1.40 bits per heavy atom. The Labute approximate surface area is 124 Å². The first kappa shape index (κ1) is 16.8. The maximum Gasteiger partial charge on any atom is 0.235 e. The van der Waals surface area contributed by atoms with Crippen LogP contribution in [-0.2, 0) is 14.6 Å². The highest BCUT2D eigenvalue weighted by Crippen LogP contribution is 2.24. The number of sulfone groups is 1. The molecule has 0 bridgehead atoms. The zero-order valence-corrected chi connectivity index (χ0v) is 13.1. The van der Waals surface area contributed by atoms with Crippen molar-refractivity contribution in [1.29, 1.82) is 0 Å². The van der Waals surface area contributed by atoms with Crippen LogP contribution >= 0.6 is 11.6 Å². The summed E-state index contributed by atoms with van der Waals surface area (Å²) in [6, 6.07) is 4.17. The van der Waals surface area contributed by atoms with E-state index in [1.165, 1.54) is 18.2 Å². The fourth-order valence-corrected chi connectivity index (χ4v) is 3.31. The topological polar surface area (TPSA) is 89.3 Å². The summed E-state index contributed by atoms with van der Waals surface area (Å²) in [7, 11) is -3.79. The maximum absolute atomic E-state index is 12.1. The molecule has 1 aromatic carbocycles. The minimum atomic E-state index is -3.79. The average molecular weight is 319 g/mol. The fourth-order valence-electron chi connectivity index (χ4n) is 1.56. The van der Waals surface area contributed by atoms with Gasteiger partial charge >= 0.3 is 0 Å². The number of halogens is 1. The van der Waals surface area contributed by atoms with Crippen LogP contribution in [0.5, 0.6) is 0 Å². The molecule has 20 heavy (non-hydrogen) atoms. The monoisotopic (exact) mass is 318 g/mol. The van der Waals surface area contributed by atoms with Crippen LogP contribution in [0, 0.1) is 5.92 Å². The van der Waals surface area contributed by atoms with Crippen molar-refractivity contribution >= 4 is 33.0 Å². The normalized spacial score (nSPS) is 11.6. The van der Waals surface area contributed by atoms with Gasteiger partial charge in [-0.15, -0.1) is 0 Å². The average Bonchev–Trinajstić information content (AvgIpc) is 2.31. The standard InChI is InChI=1S/C13H19ClN2O3S/c1-9(2)5-6-16-13(17)8-20(18,19)12-7-10(15)3-4-11(12)14/h3-4,7,9H,5-6,8,15H2,1-2H3,(H,16,17). The van der Waals surface area contributed by atoms with E-state index in [4.69, 9.17) is 17.3 Å². The molecule has 0 aliphatic rings. The summed E-state index contributed by atoms with van der Waals surface area (Å²) < 4.78 is 24.2. The highest BCUT2D eigenvalue weighted by atomic mass is 35.5. The van der Waals surface area contributed by atoms with Crippen molar-refractivity contribution in [2.24, 2.45) is 5.92 Å². The lowest BCUT2D eigenvalue weighted by Crippen LogP contribution is -2.31. The minimum absolute atomic E-state index is 0.0641. The van der Waals surface area contributed by atoms with Crippen molar-refractivity contribution in [2.75, 3.05) is 18.0 Å². The Kier molecular flexibility index (Phi) is 5.83. The van der Waals surface area contributed by atoms with Gasteiger partial charge < -0.3 is 11.1 Å². The van der Waals surface area contributed by atoms with Crippen LogP contribution in [0.25, 0.3) is 0 Å². The first-order valence-corrected chi connectivity index (χ1v) is 8.30. The van der Waals surface area contributed by atoms with Crippen molar-refractivity contribution in [3.63, 3.8) is 0 Å². The summed E-state index contributed by atoms with van der Waals surface area (Å²) in [6.07, 6.45) is 0.796. The van der Waals surface area contributed by atoms with E-state index in [-0.39, 0.29) is 15.6 Å². The molecular weight excluding hydrogens is 300 g/mol. The SMILES string of the molecule is CC(C)CCNC(=O)CS(=O)(=O)c1cc(N)ccc1Cl. The molecule has 0 aliphatic heterocycles. The second-order valence-corrected chi connectivity index (χ2v) is 7.35. The Morgan fingerprint density at radius 2 is 2.05 bits per heavy atom. The van der Waals surface area contributed by atoms with Gasteiger partial charge in [-0.3, -0.25) is 4.79 Å². The van der Waals surface area contributed by atoms with Crippen LogP contribution < -0.4 is 11.1 Å². The molecule has 3 N–H and O–H groups in total. The number of nitrogen functional groups attached to an aromatic ring is 1. The molecule has 0 heterocycles. The van der Waals surface area contributed by atoms with E-state index in [1.807, 2.05) is 13.8 Å². The van der Waals surface area contributed by atoms with Gasteiger partial charge in [-0.25, -0.2) is 8.42 Å². The molecule has 0 fully saturated rings. The van der Waals surface area contributed by atoms with Crippen molar-refractivity contribution in [2.45, 2.75) is 25.2 Å². The highest BCUT2D eigenvalue weighted by molar-refractivity contribution is 7.92. The molecule has 1 aromatic rings. The number of amides is 1. The zero-order chi connectivity index (χ0) is 15.3. The molecule has 1 amide bonds. The molecule has 5 nitrogen and oxygen atoms in total. The van der Waals surface area contributed by atoms with Gasteiger partial charge in [0.05, 0.1) is 9.92 Å². The number of rotatable bonds is 6. The number of carbonyl (C=O) groups is 1. The fraction of sp³-hybridized carbons (Fsp3) is 0.462. The van der Waals surface area contributed by atoms with Gasteiger partial charge in [0.2, 0.25) is 5.91 Å². The lowest BCUT2D eigenvalue weighted by atomic mass is 10.1. The van der Waals surface area contributed by atoms with Crippen LogP contribution in [0.1, 0.15) is 20.3 Å². The molecular formula is C13H19ClN2O3S. The van der Waals surface area contributed by atoms with Gasteiger partial charge in [0.15, 0.2) is 9.84 Å². The predicted octanol–water partition coefficient (Wildman–Crippen LogP) is 1.86. The van der Waals surface area contributed by atoms with Crippen molar-refractivity contribution in [3.05, 3.63) is 23.2 Å². The lowest BCUT2D eigenvalue weighted by Gasteiger charge is -2.09. The molecule has 0 unspecified atom stereocenters. The molecule has 0 atom stereocenters. The maximum atomic E-state index is 12.1. The van der Waals surface area contributed by atoms with Crippen LogP contribution in [0.15, 0.2) is 23.1 Å². The van der Waals surface area contributed by atoms with E-state index in [9.17, 15) is 13.2 Å². The smallest absolute Gasteiger partial charge is 0.235 e. The quantitative estimate of drug-likeness (QED) is 0.783. The van der Waals surface area contributed by atoms with Gasteiger partial charge in [-0.2, -0.15) is 0 Å². The Balaban J connectivity index is 2.75. The van der Waals surface area contributed by atoms with Crippen molar-refractivity contribution in [3.8, 4) is 0 Å². The van der Waals surface area contributed by atoms with Gasteiger partial charge in [-0.05, 0) is 30.5 Å². The summed E-state index contributed by atoms with van der Waals surface area (Å²) in [5.74, 6) is -0.728. The molecule has 0 aromatic heterocycles. The summed E-state index contributed by atoms with van der Waals surface area (Å²) in [6.45, 7) is 4.50. The van der Waals surface area contributed by atoms with Crippen LogP contribution in [-0.4, -0.2) is 26.6 Å². The van der Waals surface area contributed by atoms with Gasteiger partial charge in [-0.1, -0.05) is 25.4 Å². The molecule has 0 radical (unpaired) electrons. The third-order valence-corrected chi connectivity index (χ3v) is 4.75. The number of benzene rings is 1. The van der Waals surface area contributed by atoms with Crippen LogP contribution in [0.2, 0.25) is 5.02 Å². The first-order valence-electron chi connectivity index (χ1n) is 6.27. The number of carbonyl (C=O) groups excluding carboxylic acids is 1. The van der Waals surface area contributed by atoms with Crippen LogP contribution in [0.3, 0.4) is 0 Å². The van der Waals surface area contributed by atoms with Crippen molar-refractivity contribution < 1.29 is 13.2 Å². The number of nitrogens with one attached hydrogen (secondary N) is 1. The lowest BCUT2D eigenvalue weighted by molar-refractivity contribution is -0.118. The molecule has 1 rings (SSSR count). The zero-order valence-electron chi connectivity index (χ0n) is 11.5. The first-order chi connectivity index (χ1) is 9.22. The predicted molar refractivity (Wildman–Crippen MR) is 80.4 cm³/mol. The second kappa shape index (κ2) is 6.95. The van der Waals surface area contributed by atoms with E-state index in [1.54, 1.807) is 0 Å². The number of nitrogens with two attached hydrogens (primary N) is 1. The van der Waals surface area contributed by atoms with Gasteiger partial charge in [0.25, 0.3) is 0 Å². The molecule has 0 saturated heterocycles. The van der Waals surface area contributed by atoms with E-state index in [2.05, 4.69) is 5.32 Å². The molecule has 0 aliphatic carbocycles. The largest absolute Gasteiger partial charge is 0.399 e. The Bertz CT molecular complexity index is 585. The summed E-state index contributed by atoms with van der Waals surface area (Å²) in [5.41, 5.74) is 5.83. The third-order valence-electron chi connectivity index (χ3n) is 2.66. The highest BCUT2D eigenvalue weighted by Gasteiger charge is 2.22.